The molecule has 114 valence electrons. The molecule has 0 saturated carbocycles. The minimum absolute atomic E-state index is 0.566. The Morgan fingerprint density at radius 2 is 2.30 bits per heavy atom. The van der Waals surface area contributed by atoms with Gasteiger partial charge in [0.05, 0.1) is 5.69 Å². The van der Waals surface area contributed by atoms with Crippen molar-refractivity contribution in [2.45, 2.75) is 45.2 Å². The second kappa shape index (κ2) is 7.64. The van der Waals surface area contributed by atoms with Crippen LogP contribution in [0.15, 0.2) is 6.20 Å². The van der Waals surface area contributed by atoms with Crippen LogP contribution in [0.1, 0.15) is 31.4 Å². The van der Waals surface area contributed by atoms with Crippen LogP contribution in [0.3, 0.4) is 0 Å². The van der Waals surface area contributed by atoms with Crippen LogP contribution < -0.4 is 10.2 Å². The van der Waals surface area contributed by atoms with Gasteiger partial charge in [0.1, 0.15) is 0 Å². The number of likely N-dealkylation sites (N-methyl/N-ethyl adjacent to an activating group) is 1. The number of methoxy groups -OCH3 is 1. The van der Waals surface area contributed by atoms with Crippen molar-refractivity contribution < 1.29 is 4.74 Å². The Balaban J connectivity index is 2.12. The molecule has 1 aromatic heterocycles. The highest BCUT2D eigenvalue weighted by atomic mass is 16.5. The molecule has 1 N–H and O–H groups in total. The molecule has 1 aromatic rings. The van der Waals surface area contributed by atoms with Crippen molar-refractivity contribution in [2.24, 2.45) is 0 Å². The quantitative estimate of drug-likeness (QED) is 0.774. The number of nitrogens with zero attached hydrogens (tertiary/aromatic N) is 3. The second-order valence-electron chi connectivity index (χ2n) is 5.62. The molecule has 20 heavy (non-hydrogen) atoms. The average molecular weight is 280 g/mol. The molecule has 1 aliphatic heterocycles. The molecular formula is C15H28N4O. The molecule has 2 heterocycles. The van der Waals surface area contributed by atoms with Gasteiger partial charge in [-0.1, -0.05) is 0 Å². The second-order valence-corrected chi connectivity index (χ2v) is 5.62. The van der Waals surface area contributed by atoms with Gasteiger partial charge in [0, 0.05) is 45.6 Å². The highest BCUT2D eigenvalue weighted by Gasteiger charge is 2.25. The van der Waals surface area contributed by atoms with Crippen LogP contribution in [0.5, 0.6) is 0 Å². The van der Waals surface area contributed by atoms with Gasteiger partial charge in [0.25, 0.3) is 0 Å². The highest BCUT2D eigenvalue weighted by Crippen LogP contribution is 2.24. The third-order valence-electron chi connectivity index (χ3n) is 3.95. The molecule has 0 aromatic carbocycles. The SMILES string of the molecule is CNCC1CCCCN1c1nc(C)cn1CCCOC. The number of hydrogen-bond acceptors (Lipinski definition) is 4. The summed E-state index contributed by atoms with van der Waals surface area (Å²) in [6, 6.07) is 0.566. The normalized spacial score (nSPS) is 19.6. The van der Waals surface area contributed by atoms with Crippen molar-refractivity contribution in [3.63, 3.8) is 0 Å². The molecule has 5 heteroatoms. The molecule has 1 fully saturated rings. The van der Waals surface area contributed by atoms with Gasteiger partial charge in [0.2, 0.25) is 5.95 Å². The molecule has 1 unspecified atom stereocenters. The zero-order chi connectivity index (χ0) is 14.4. The summed E-state index contributed by atoms with van der Waals surface area (Å²) >= 11 is 0. The maximum absolute atomic E-state index is 5.16. The third kappa shape index (κ3) is 3.73. The number of aromatic nitrogens is 2. The van der Waals surface area contributed by atoms with Crippen molar-refractivity contribution >= 4 is 5.95 Å². The summed E-state index contributed by atoms with van der Waals surface area (Å²) in [6.07, 6.45) is 7.04. The number of ether oxygens (including phenoxy) is 1. The zero-order valence-electron chi connectivity index (χ0n) is 13.1. The average Bonchev–Trinajstić information content (AvgIpc) is 2.81. The summed E-state index contributed by atoms with van der Waals surface area (Å²) in [5, 5.41) is 3.32. The van der Waals surface area contributed by atoms with Crippen LogP contribution >= 0.6 is 0 Å². The van der Waals surface area contributed by atoms with Crippen molar-refractivity contribution in [3.05, 3.63) is 11.9 Å². The van der Waals surface area contributed by atoms with E-state index in [-0.39, 0.29) is 0 Å². The van der Waals surface area contributed by atoms with Crippen molar-refractivity contribution in [3.8, 4) is 0 Å². The van der Waals surface area contributed by atoms with Gasteiger partial charge in [-0.3, -0.25) is 0 Å². The first-order chi connectivity index (χ1) is 9.76. The number of hydrogen-bond donors (Lipinski definition) is 1. The first kappa shape index (κ1) is 15.3. The zero-order valence-corrected chi connectivity index (χ0v) is 13.1. The smallest absolute Gasteiger partial charge is 0.206 e. The molecule has 2 rings (SSSR count). The van der Waals surface area contributed by atoms with E-state index in [1.54, 1.807) is 7.11 Å². The summed E-state index contributed by atoms with van der Waals surface area (Å²) in [4.78, 5) is 7.25. The lowest BCUT2D eigenvalue weighted by atomic mass is 10.0. The van der Waals surface area contributed by atoms with E-state index in [1.165, 1.54) is 19.3 Å². The fourth-order valence-corrected chi connectivity index (χ4v) is 3.02. The fraction of sp³-hybridized carbons (Fsp3) is 0.800. The van der Waals surface area contributed by atoms with Crippen LogP contribution in [0, 0.1) is 6.92 Å². The first-order valence-electron chi connectivity index (χ1n) is 7.70. The highest BCUT2D eigenvalue weighted by molar-refractivity contribution is 5.36. The van der Waals surface area contributed by atoms with Crippen LogP contribution in [0.25, 0.3) is 0 Å². The topological polar surface area (TPSA) is 42.3 Å². The summed E-state index contributed by atoms with van der Waals surface area (Å²) in [7, 11) is 3.79. The van der Waals surface area contributed by atoms with E-state index in [2.05, 4.69) is 27.9 Å². The van der Waals surface area contributed by atoms with Gasteiger partial charge >= 0.3 is 0 Å². The molecule has 0 radical (unpaired) electrons. The third-order valence-corrected chi connectivity index (χ3v) is 3.95. The summed E-state index contributed by atoms with van der Waals surface area (Å²) < 4.78 is 7.45. The largest absolute Gasteiger partial charge is 0.385 e. The van der Waals surface area contributed by atoms with Gasteiger partial charge in [-0.15, -0.1) is 0 Å². The van der Waals surface area contributed by atoms with Crippen LogP contribution in [-0.2, 0) is 11.3 Å². The Bertz CT molecular complexity index is 403. The monoisotopic (exact) mass is 280 g/mol. The van der Waals surface area contributed by atoms with Gasteiger partial charge in [-0.2, -0.15) is 0 Å². The summed E-state index contributed by atoms with van der Waals surface area (Å²) in [5.74, 6) is 1.14. The number of rotatable bonds is 7. The lowest BCUT2D eigenvalue weighted by Crippen LogP contribution is -2.46. The lowest BCUT2D eigenvalue weighted by molar-refractivity contribution is 0.190. The predicted octanol–water partition coefficient (Wildman–Crippen LogP) is 1.81. The maximum atomic E-state index is 5.16. The molecule has 1 saturated heterocycles. The number of aryl methyl sites for hydroxylation is 2. The number of piperidine rings is 1. The Labute approximate surface area is 122 Å². The number of anilines is 1. The lowest BCUT2D eigenvalue weighted by Gasteiger charge is -2.36. The molecule has 0 amide bonds. The van der Waals surface area contributed by atoms with Crippen molar-refractivity contribution in [1.82, 2.24) is 14.9 Å². The minimum Gasteiger partial charge on any atom is -0.385 e. The van der Waals surface area contributed by atoms with Crippen molar-refractivity contribution in [2.75, 3.05) is 38.8 Å². The molecular weight excluding hydrogens is 252 g/mol. The van der Waals surface area contributed by atoms with E-state index in [1.807, 2.05) is 7.05 Å². The van der Waals surface area contributed by atoms with Gasteiger partial charge < -0.3 is 19.5 Å². The van der Waals surface area contributed by atoms with E-state index in [4.69, 9.17) is 9.72 Å². The number of imidazole rings is 1. The van der Waals surface area contributed by atoms with E-state index < -0.39 is 0 Å². The number of nitrogens with one attached hydrogen (secondary N) is 1. The summed E-state index contributed by atoms with van der Waals surface area (Å²) in [6.45, 7) is 6.01. The molecule has 0 spiro atoms. The van der Waals surface area contributed by atoms with Crippen LogP contribution in [0.2, 0.25) is 0 Å². The Kier molecular flexibility index (Phi) is 5.86. The van der Waals surface area contributed by atoms with E-state index >= 15 is 0 Å². The molecule has 0 aliphatic carbocycles. The van der Waals surface area contributed by atoms with Gasteiger partial charge in [-0.25, -0.2) is 4.98 Å². The molecule has 1 atom stereocenters. The van der Waals surface area contributed by atoms with E-state index in [9.17, 15) is 0 Å². The minimum atomic E-state index is 0.566. The molecule has 0 bridgehead atoms. The van der Waals surface area contributed by atoms with Gasteiger partial charge in [-0.05, 0) is 39.7 Å². The Morgan fingerprint density at radius 3 is 3.05 bits per heavy atom. The Morgan fingerprint density at radius 1 is 1.45 bits per heavy atom. The predicted molar refractivity (Wildman–Crippen MR) is 82.4 cm³/mol. The van der Waals surface area contributed by atoms with Gasteiger partial charge in [0.15, 0.2) is 0 Å². The Hall–Kier alpha value is -1.07. The van der Waals surface area contributed by atoms with Crippen molar-refractivity contribution in [1.29, 1.82) is 0 Å². The molecule has 5 nitrogen and oxygen atoms in total. The molecule has 1 aliphatic rings. The fourth-order valence-electron chi connectivity index (χ4n) is 3.02. The van der Waals surface area contributed by atoms with E-state index in [0.29, 0.717) is 6.04 Å². The van der Waals surface area contributed by atoms with Crippen LogP contribution in [0.4, 0.5) is 5.95 Å². The standard InChI is InChI=1S/C15H28N4O/c1-13-12-18(8-6-10-20-3)15(17-13)19-9-5-4-7-14(19)11-16-2/h12,14,16H,4-11H2,1-3H3. The summed E-state index contributed by atoms with van der Waals surface area (Å²) in [5.41, 5.74) is 1.10. The maximum Gasteiger partial charge on any atom is 0.206 e. The van der Waals surface area contributed by atoms with Crippen LogP contribution in [-0.4, -0.2) is 49.4 Å². The first-order valence-corrected chi connectivity index (χ1v) is 7.70. The van der Waals surface area contributed by atoms with E-state index in [0.717, 1.165) is 44.3 Å².